The van der Waals surface area contributed by atoms with E-state index in [1.54, 1.807) is 19.1 Å². The van der Waals surface area contributed by atoms with E-state index in [-0.39, 0.29) is 29.7 Å². The second kappa shape index (κ2) is 6.86. The molecule has 6 nitrogen and oxygen atoms in total. The first-order chi connectivity index (χ1) is 12.3. The molecular weight excluding hydrogens is 346 g/mol. The zero-order chi connectivity index (χ0) is 18.9. The van der Waals surface area contributed by atoms with Gasteiger partial charge in [-0.25, -0.2) is 8.78 Å². The maximum Gasteiger partial charge on any atom is 0.312 e. The maximum atomic E-state index is 13.4. The van der Waals surface area contributed by atoms with Crippen LogP contribution in [0.5, 0.6) is 0 Å². The van der Waals surface area contributed by atoms with Crippen molar-refractivity contribution < 1.29 is 27.9 Å². The Hall–Kier alpha value is -2.77. The first-order valence-corrected chi connectivity index (χ1v) is 8.09. The molecule has 0 radical (unpaired) electrons. The second-order valence-electron chi connectivity index (χ2n) is 6.53. The van der Waals surface area contributed by atoms with Gasteiger partial charge in [0.25, 0.3) is 5.91 Å². The Morgan fingerprint density at radius 1 is 1.27 bits per heavy atom. The SMILES string of the molecule is COC(=O)[C@@H]1C=C[C@H](NC(=O)[C@@]2(C)CC(c3cc(F)cc(F)c3)=NO2)C1. The number of halogens is 2. The second-order valence-corrected chi connectivity index (χ2v) is 6.53. The number of hydrogen-bond acceptors (Lipinski definition) is 5. The van der Waals surface area contributed by atoms with E-state index < -0.39 is 29.1 Å². The van der Waals surface area contributed by atoms with Crippen LogP contribution in [0.15, 0.2) is 35.5 Å². The van der Waals surface area contributed by atoms with Crippen LogP contribution in [0.1, 0.15) is 25.3 Å². The van der Waals surface area contributed by atoms with E-state index in [0.717, 1.165) is 18.2 Å². The molecule has 0 saturated heterocycles. The molecule has 0 aromatic heterocycles. The smallest absolute Gasteiger partial charge is 0.312 e. The van der Waals surface area contributed by atoms with Crippen molar-refractivity contribution in [2.75, 3.05) is 7.11 Å². The lowest BCUT2D eigenvalue weighted by Crippen LogP contribution is -2.48. The molecular formula is C18H18F2N2O4. The Labute approximate surface area is 148 Å². The average molecular weight is 364 g/mol. The van der Waals surface area contributed by atoms with Crippen LogP contribution in [0, 0.1) is 17.6 Å². The lowest BCUT2D eigenvalue weighted by molar-refractivity contribution is -0.145. The molecule has 3 atom stereocenters. The van der Waals surface area contributed by atoms with Crippen LogP contribution in [-0.4, -0.2) is 36.3 Å². The number of amides is 1. The fourth-order valence-corrected chi connectivity index (χ4v) is 2.99. The van der Waals surface area contributed by atoms with Crippen molar-refractivity contribution in [3.8, 4) is 0 Å². The summed E-state index contributed by atoms with van der Waals surface area (Å²) in [5.41, 5.74) is -0.782. The highest BCUT2D eigenvalue weighted by Crippen LogP contribution is 2.28. The zero-order valence-corrected chi connectivity index (χ0v) is 14.3. The van der Waals surface area contributed by atoms with E-state index in [1.807, 2.05) is 0 Å². The summed E-state index contributed by atoms with van der Waals surface area (Å²) in [4.78, 5) is 29.4. The van der Waals surface area contributed by atoms with Gasteiger partial charge in [-0.3, -0.25) is 9.59 Å². The number of methoxy groups -OCH3 is 1. The summed E-state index contributed by atoms with van der Waals surface area (Å²) in [6.07, 6.45) is 3.88. The van der Waals surface area contributed by atoms with Crippen molar-refractivity contribution in [3.05, 3.63) is 47.5 Å². The number of nitrogens with one attached hydrogen (secondary N) is 1. The van der Waals surface area contributed by atoms with Crippen LogP contribution >= 0.6 is 0 Å². The fourth-order valence-electron chi connectivity index (χ4n) is 2.99. The minimum absolute atomic E-state index is 0.0680. The molecule has 1 N–H and O–H groups in total. The molecule has 0 saturated carbocycles. The predicted octanol–water partition coefficient (Wildman–Crippen LogP) is 2.08. The summed E-state index contributed by atoms with van der Waals surface area (Å²) >= 11 is 0. The summed E-state index contributed by atoms with van der Waals surface area (Å²) in [6, 6.07) is 2.70. The fraction of sp³-hybridized carbons (Fsp3) is 0.389. The van der Waals surface area contributed by atoms with E-state index in [9.17, 15) is 18.4 Å². The van der Waals surface area contributed by atoms with Crippen molar-refractivity contribution in [2.45, 2.75) is 31.4 Å². The number of ether oxygens (including phenoxy) is 1. The Bertz CT molecular complexity index is 788. The minimum Gasteiger partial charge on any atom is -0.469 e. The topological polar surface area (TPSA) is 77.0 Å². The van der Waals surface area contributed by atoms with Crippen molar-refractivity contribution in [1.29, 1.82) is 0 Å². The molecule has 1 aromatic carbocycles. The van der Waals surface area contributed by atoms with Crippen molar-refractivity contribution in [1.82, 2.24) is 5.32 Å². The summed E-state index contributed by atoms with van der Waals surface area (Å²) < 4.78 is 31.4. The molecule has 0 unspecified atom stereocenters. The van der Waals surface area contributed by atoms with Crippen molar-refractivity contribution >= 4 is 17.6 Å². The number of esters is 1. The van der Waals surface area contributed by atoms with Gasteiger partial charge in [0.2, 0.25) is 5.60 Å². The van der Waals surface area contributed by atoms with Crippen LogP contribution in [0.25, 0.3) is 0 Å². The molecule has 2 aliphatic rings. The third-order valence-corrected chi connectivity index (χ3v) is 4.44. The Kier molecular flexibility index (Phi) is 4.76. The van der Waals surface area contributed by atoms with Crippen LogP contribution in [0.3, 0.4) is 0 Å². The molecule has 138 valence electrons. The molecule has 1 heterocycles. The minimum atomic E-state index is -1.30. The zero-order valence-electron chi connectivity index (χ0n) is 14.3. The summed E-state index contributed by atoms with van der Waals surface area (Å²) in [7, 11) is 1.31. The molecule has 0 spiro atoms. The van der Waals surface area contributed by atoms with Gasteiger partial charge in [-0.15, -0.1) is 0 Å². The highest BCUT2D eigenvalue weighted by atomic mass is 19.1. The summed E-state index contributed by atoms with van der Waals surface area (Å²) in [5, 5.41) is 6.61. The molecule has 26 heavy (non-hydrogen) atoms. The number of nitrogens with zero attached hydrogens (tertiary/aromatic N) is 1. The molecule has 0 fully saturated rings. The lowest BCUT2D eigenvalue weighted by atomic mass is 9.94. The normalized spacial score (nSPS) is 27.0. The average Bonchev–Trinajstić information content (AvgIpc) is 3.21. The van der Waals surface area contributed by atoms with Gasteiger partial charge in [0.05, 0.1) is 18.7 Å². The van der Waals surface area contributed by atoms with E-state index in [0.29, 0.717) is 6.42 Å². The summed E-state index contributed by atoms with van der Waals surface area (Å²) in [6.45, 7) is 1.55. The molecule has 3 rings (SSSR count). The third-order valence-electron chi connectivity index (χ3n) is 4.44. The van der Waals surface area contributed by atoms with Gasteiger partial charge in [-0.05, 0) is 25.5 Å². The molecule has 1 aliphatic heterocycles. The standard InChI is InChI=1S/C18H18F2N2O4/c1-18(17(24)21-14-4-3-10(7-14)16(23)25-2)9-15(22-26-18)11-5-12(19)8-13(20)6-11/h3-6,8,10,14H,7,9H2,1-2H3,(H,21,24)/t10-,14+,18-/m1/s1. The number of hydrogen-bond donors (Lipinski definition) is 1. The van der Waals surface area contributed by atoms with Gasteiger partial charge in [0, 0.05) is 24.1 Å². The number of benzene rings is 1. The maximum absolute atomic E-state index is 13.4. The highest BCUT2D eigenvalue weighted by Gasteiger charge is 2.43. The quantitative estimate of drug-likeness (QED) is 0.656. The first kappa shape index (κ1) is 18.0. The van der Waals surface area contributed by atoms with Gasteiger partial charge in [0.15, 0.2) is 0 Å². The Balaban J connectivity index is 1.63. The monoisotopic (exact) mass is 364 g/mol. The lowest BCUT2D eigenvalue weighted by Gasteiger charge is -2.23. The number of carbonyl (C=O) groups excluding carboxylic acids is 2. The highest BCUT2D eigenvalue weighted by molar-refractivity contribution is 6.05. The Morgan fingerprint density at radius 2 is 1.96 bits per heavy atom. The van der Waals surface area contributed by atoms with E-state index in [2.05, 4.69) is 15.2 Å². The largest absolute Gasteiger partial charge is 0.469 e. The predicted molar refractivity (Wildman–Crippen MR) is 88.2 cm³/mol. The van der Waals surface area contributed by atoms with Crippen LogP contribution in [0.4, 0.5) is 8.78 Å². The summed E-state index contributed by atoms with van der Waals surface area (Å²) in [5.74, 6) is -2.64. The van der Waals surface area contributed by atoms with Gasteiger partial charge < -0.3 is 14.9 Å². The number of rotatable bonds is 4. The van der Waals surface area contributed by atoms with Gasteiger partial charge in [-0.1, -0.05) is 17.3 Å². The van der Waals surface area contributed by atoms with Crippen molar-refractivity contribution in [2.24, 2.45) is 11.1 Å². The van der Waals surface area contributed by atoms with E-state index >= 15 is 0 Å². The molecule has 0 bridgehead atoms. The van der Waals surface area contributed by atoms with Gasteiger partial charge in [-0.2, -0.15) is 0 Å². The number of carbonyl (C=O) groups is 2. The molecule has 1 aromatic rings. The van der Waals surface area contributed by atoms with Gasteiger partial charge >= 0.3 is 5.97 Å². The van der Waals surface area contributed by atoms with Gasteiger partial charge in [0.1, 0.15) is 11.6 Å². The van der Waals surface area contributed by atoms with Crippen LogP contribution in [0.2, 0.25) is 0 Å². The molecule has 8 heteroatoms. The van der Waals surface area contributed by atoms with E-state index in [4.69, 9.17) is 4.84 Å². The van der Waals surface area contributed by atoms with Crippen LogP contribution < -0.4 is 5.32 Å². The third kappa shape index (κ3) is 3.58. The molecule has 1 aliphatic carbocycles. The van der Waals surface area contributed by atoms with E-state index in [1.165, 1.54) is 7.11 Å². The molecule has 1 amide bonds. The Morgan fingerprint density at radius 3 is 2.62 bits per heavy atom. The van der Waals surface area contributed by atoms with Crippen molar-refractivity contribution in [3.63, 3.8) is 0 Å². The number of oxime groups is 1. The first-order valence-electron chi connectivity index (χ1n) is 8.09. The van der Waals surface area contributed by atoms with Crippen LogP contribution in [-0.2, 0) is 19.2 Å².